The molecule has 25 heteroatoms. The Kier molecular flexibility index (Phi) is 24.4. The van der Waals surface area contributed by atoms with Crippen molar-refractivity contribution in [3.63, 3.8) is 0 Å². The van der Waals surface area contributed by atoms with E-state index in [1.54, 1.807) is 36.4 Å². The van der Waals surface area contributed by atoms with E-state index in [0.717, 1.165) is 5.56 Å². The molecule has 6 unspecified atom stereocenters. The molecule has 0 bridgehead atoms. The minimum absolute atomic E-state index is 0.00905. The van der Waals surface area contributed by atoms with Gasteiger partial charge in [0.1, 0.15) is 41.8 Å². The number of β-amino-alcohol motifs (C(OH)–C–C–N with tert-alkyl or cyclic N) is 1. The highest BCUT2D eigenvalue weighted by atomic mass is 19.1. The van der Waals surface area contributed by atoms with Gasteiger partial charge in [-0.05, 0) is 73.9 Å². The van der Waals surface area contributed by atoms with E-state index in [1.165, 1.54) is 25.1 Å². The Morgan fingerprint density at radius 2 is 1.37 bits per heavy atom. The van der Waals surface area contributed by atoms with E-state index in [1.807, 2.05) is 13.8 Å². The van der Waals surface area contributed by atoms with Crippen LogP contribution in [-0.4, -0.2) is 156 Å². The molecule has 1 fully saturated rings. The average Bonchev–Trinajstić information content (AvgIpc) is 3.33. The van der Waals surface area contributed by atoms with Crippen LogP contribution >= 0.6 is 0 Å². The number of aliphatic hydroxyl groups is 3. The summed E-state index contributed by atoms with van der Waals surface area (Å²) in [4.78, 5) is 101. The summed E-state index contributed by atoms with van der Waals surface area (Å²) in [6.45, 7) is 3.22. The maximum absolute atomic E-state index is 14.0. The number of nitrogens with two attached hydrogens (primary N) is 5. The van der Waals surface area contributed by atoms with Crippen molar-refractivity contribution < 1.29 is 53.3 Å². The summed E-state index contributed by atoms with van der Waals surface area (Å²) in [6.07, 6.45) is -4.00. The lowest BCUT2D eigenvalue weighted by atomic mass is 10.0. The van der Waals surface area contributed by atoms with Crippen LogP contribution in [0.5, 0.6) is 0 Å². The van der Waals surface area contributed by atoms with Gasteiger partial charge in [0.15, 0.2) is 5.96 Å². The highest BCUT2D eigenvalue weighted by molar-refractivity contribution is 6.01. The van der Waals surface area contributed by atoms with Crippen LogP contribution in [0.1, 0.15) is 52.0 Å². The lowest BCUT2D eigenvalue weighted by molar-refractivity contribution is -0.137. The van der Waals surface area contributed by atoms with E-state index in [4.69, 9.17) is 28.7 Å². The molecule has 9 atom stereocenters. The van der Waals surface area contributed by atoms with E-state index in [0.29, 0.717) is 17.5 Å². The van der Waals surface area contributed by atoms with Crippen molar-refractivity contribution in [2.75, 3.05) is 39.3 Å². The van der Waals surface area contributed by atoms with Gasteiger partial charge < -0.3 is 86.5 Å². The van der Waals surface area contributed by atoms with Gasteiger partial charge in [0.05, 0.1) is 24.7 Å². The number of carbonyl (C=O) groups excluding carboxylic acids is 7. The van der Waals surface area contributed by atoms with Crippen molar-refractivity contribution in [3.05, 3.63) is 71.7 Å². The van der Waals surface area contributed by atoms with E-state index in [2.05, 4.69) is 47.5 Å². The standard InChI is InChI=1S/C46H71FN14O10/c1-4-30-40(66)58-32(15-16-48)42(68)56-29(18-24(2)3)22-54-31(6-5-17-53-46(51)52)41(67)60-38(34(63)21-50)45(71)61-37(33(62)20-49)43(69)55-23-35(64)39(44(70)57-30)59-36(65)19-25-7-9-26(10-8-25)27-11-13-28(47)14-12-27/h4,7-14,24,29,31-35,37-39,54,62-64H,5-6,15-23,48-50H2,1-3H3,(H,55,69)(H,56,68)(H,57,70)(H,58,66)(H,59,65)(H,60,67)(H,61,71)(H4,51,52,53)/b30-4-/t29-,31-,32-,33?,34?,35?,37?,38?,39?/m0/s1. The van der Waals surface area contributed by atoms with Gasteiger partial charge in [0, 0.05) is 38.8 Å². The number of nitrogens with one attached hydrogen (secondary N) is 8. The van der Waals surface area contributed by atoms with Gasteiger partial charge in [-0.15, -0.1) is 0 Å². The minimum Gasteiger partial charge on any atom is -0.389 e. The number of aliphatic hydroxyl groups excluding tert-OH is 3. The molecule has 1 saturated heterocycles. The van der Waals surface area contributed by atoms with Crippen molar-refractivity contribution in [2.24, 2.45) is 39.6 Å². The number of halogens is 1. The van der Waals surface area contributed by atoms with Crippen LogP contribution in [-0.2, 0) is 40.0 Å². The molecule has 2 aromatic carbocycles. The maximum atomic E-state index is 14.0. The number of nitrogens with zero attached hydrogens (tertiary/aromatic N) is 1. The van der Waals surface area contributed by atoms with Gasteiger partial charge in [-0.25, -0.2) is 4.39 Å². The number of aliphatic imine (C=N–C) groups is 1. The number of hydrogen-bond acceptors (Lipinski definition) is 15. The number of rotatable bonds is 16. The molecule has 0 radical (unpaired) electrons. The van der Waals surface area contributed by atoms with Crippen LogP contribution < -0.4 is 71.2 Å². The molecular formula is C46H71FN14O10. The third kappa shape index (κ3) is 19.3. The van der Waals surface area contributed by atoms with Crippen LogP contribution in [0.25, 0.3) is 11.1 Å². The molecule has 0 saturated carbocycles. The Morgan fingerprint density at radius 3 is 1.93 bits per heavy atom. The predicted octanol–water partition coefficient (Wildman–Crippen LogP) is -4.98. The lowest BCUT2D eigenvalue weighted by Gasteiger charge is -2.30. The number of amides is 7. The summed E-state index contributed by atoms with van der Waals surface area (Å²) in [5.41, 5.74) is 29.8. The second-order valence-electron chi connectivity index (χ2n) is 17.4. The number of guanidine groups is 1. The zero-order valence-electron chi connectivity index (χ0n) is 40.2. The predicted molar refractivity (Wildman–Crippen MR) is 261 cm³/mol. The Bertz CT molecular complexity index is 2160. The Labute approximate surface area is 411 Å². The summed E-state index contributed by atoms with van der Waals surface area (Å²) in [7, 11) is 0. The molecule has 1 aliphatic heterocycles. The van der Waals surface area contributed by atoms with Gasteiger partial charge in [-0.2, -0.15) is 0 Å². The molecule has 71 heavy (non-hydrogen) atoms. The molecule has 21 N–H and O–H groups in total. The number of benzene rings is 2. The van der Waals surface area contributed by atoms with E-state index >= 15 is 0 Å². The van der Waals surface area contributed by atoms with Gasteiger partial charge in [0.25, 0.3) is 5.91 Å². The number of hydrogen-bond donors (Lipinski definition) is 16. The smallest absolute Gasteiger partial charge is 0.268 e. The lowest BCUT2D eigenvalue weighted by Crippen LogP contribution is -2.64. The molecule has 0 aromatic heterocycles. The molecular weight excluding hydrogens is 928 g/mol. The first kappa shape index (κ1) is 58.7. The molecule has 7 amide bonds. The second kappa shape index (κ2) is 29.5. The van der Waals surface area contributed by atoms with Crippen molar-refractivity contribution in [1.82, 2.24) is 42.5 Å². The van der Waals surface area contributed by atoms with Crippen molar-refractivity contribution in [2.45, 2.75) is 107 Å². The molecule has 24 nitrogen and oxygen atoms in total. The highest BCUT2D eigenvalue weighted by Gasteiger charge is 2.37. The van der Waals surface area contributed by atoms with E-state index in [9.17, 15) is 53.3 Å². The topological polar surface area (TPSA) is 419 Å². The van der Waals surface area contributed by atoms with Gasteiger partial charge in [-0.1, -0.05) is 56.3 Å². The fourth-order valence-corrected chi connectivity index (χ4v) is 7.40. The maximum Gasteiger partial charge on any atom is 0.268 e. The highest BCUT2D eigenvalue weighted by Crippen LogP contribution is 2.20. The zero-order chi connectivity index (χ0) is 52.8. The first-order chi connectivity index (χ1) is 33.7. The summed E-state index contributed by atoms with van der Waals surface area (Å²) in [6, 6.07) is 3.76. The van der Waals surface area contributed by atoms with Crippen LogP contribution in [0.4, 0.5) is 4.39 Å². The largest absolute Gasteiger partial charge is 0.389 e. The molecule has 392 valence electrons. The molecule has 3 rings (SSSR count). The molecule has 0 spiro atoms. The van der Waals surface area contributed by atoms with Crippen LogP contribution in [0.3, 0.4) is 0 Å². The van der Waals surface area contributed by atoms with E-state index < -0.39 is 127 Å². The van der Waals surface area contributed by atoms with Gasteiger partial charge in [-0.3, -0.25) is 38.6 Å². The number of allylic oxidation sites excluding steroid dienone is 1. The summed E-state index contributed by atoms with van der Waals surface area (Å²) < 4.78 is 13.5. The Morgan fingerprint density at radius 1 is 0.789 bits per heavy atom. The van der Waals surface area contributed by atoms with Crippen LogP contribution in [0.2, 0.25) is 0 Å². The minimum atomic E-state index is -1.96. The summed E-state index contributed by atoms with van der Waals surface area (Å²) in [5.74, 6) is -7.29. The normalized spacial score (nSPS) is 24.0. The summed E-state index contributed by atoms with van der Waals surface area (Å²) in [5, 5.41) is 53.7. The third-order valence-electron chi connectivity index (χ3n) is 11.2. The molecule has 0 aliphatic carbocycles. The van der Waals surface area contributed by atoms with E-state index in [-0.39, 0.29) is 57.2 Å². The van der Waals surface area contributed by atoms with Crippen molar-refractivity contribution in [1.29, 1.82) is 0 Å². The second-order valence-corrected chi connectivity index (χ2v) is 17.4. The first-order valence-corrected chi connectivity index (χ1v) is 23.3. The molecule has 2 aromatic rings. The fourth-order valence-electron chi connectivity index (χ4n) is 7.40. The van der Waals surface area contributed by atoms with Gasteiger partial charge in [0.2, 0.25) is 35.4 Å². The quantitative estimate of drug-likeness (QED) is 0.0324. The van der Waals surface area contributed by atoms with Crippen molar-refractivity contribution in [3.8, 4) is 11.1 Å². The zero-order valence-corrected chi connectivity index (χ0v) is 40.2. The Hall–Kier alpha value is -6.61. The SMILES string of the molecule is C/C=C1\NC(=O)C(NC(=O)Cc2ccc(-c3ccc(F)cc3)cc2)C(O)CNC(=O)C(C(O)CN)NC(=O)C(C(O)CN)NC(=O)[C@H](CCCN=C(N)N)NC[C@H](CC(C)C)NC(=O)[C@H](CCN)NC1=O. The third-order valence-corrected chi connectivity index (χ3v) is 11.2. The average molecular weight is 999 g/mol. The molecule has 1 aliphatic rings. The monoisotopic (exact) mass is 999 g/mol. The summed E-state index contributed by atoms with van der Waals surface area (Å²) >= 11 is 0. The molecule has 1 heterocycles. The first-order valence-electron chi connectivity index (χ1n) is 23.3. The number of carbonyl (C=O) groups is 7. The van der Waals surface area contributed by atoms with Gasteiger partial charge >= 0.3 is 0 Å². The fraction of sp³-hybridized carbons (Fsp3) is 0.522. The van der Waals surface area contributed by atoms with Crippen LogP contribution in [0, 0.1) is 11.7 Å². The van der Waals surface area contributed by atoms with Crippen LogP contribution in [0.15, 0.2) is 65.3 Å². The Balaban J connectivity index is 2.06. The van der Waals surface area contributed by atoms with Crippen molar-refractivity contribution >= 4 is 47.3 Å².